The van der Waals surface area contributed by atoms with Crippen molar-refractivity contribution >= 4 is 16.9 Å². The van der Waals surface area contributed by atoms with Crippen LogP contribution in [-0.4, -0.2) is 17.6 Å². The van der Waals surface area contributed by atoms with E-state index in [1.165, 1.54) is 0 Å². The lowest BCUT2D eigenvalue weighted by Crippen LogP contribution is -2.15. The summed E-state index contributed by atoms with van der Waals surface area (Å²) in [5.74, 6) is -1.25. The van der Waals surface area contributed by atoms with Crippen molar-refractivity contribution in [3.05, 3.63) is 70.9 Å². The van der Waals surface area contributed by atoms with Gasteiger partial charge in [0, 0.05) is 23.5 Å². The fourth-order valence-corrected chi connectivity index (χ4v) is 2.75. The van der Waals surface area contributed by atoms with Crippen LogP contribution in [0.4, 0.5) is 26.3 Å². The number of alkyl halides is 6. The highest BCUT2D eigenvalue weighted by atomic mass is 19.4. The van der Waals surface area contributed by atoms with E-state index in [9.17, 15) is 31.1 Å². The summed E-state index contributed by atoms with van der Waals surface area (Å²) in [4.78, 5) is 15.0. The molecule has 0 unspecified atom stereocenters. The van der Waals surface area contributed by atoms with Crippen LogP contribution in [-0.2, 0) is 23.5 Å². The first-order valence-electron chi connectivity index (χ1n) is 8.07. The van der Waals surface area contributed by atoms with Gasteiger partial charge in [-0.3, -0.25) is 0 Å². The number of rotatable bonds is 4. The summed E-state index contributed by atoms with van der Waals surface area (Å²) in [6, 6.07) is 7.98. The molecule has 0 bridgehead atoms. The number of H-pyrrole nitrogens is 1. The molecule has 3 nitrogen and oxygen atoms in total. The van der Waals surface area contributed by atoms with Crippen LogP contribution in [0.5, 0.6) is 0 Å². The molecule has 0 spiro atoms. The van der Waals surface area contributed by atoms with Crippen molar-refractivity contribution in [1.82, 2.24) is 4.98 Å². The lowest BCUT2D eigenvalue weighted by Gasteiger charge is -2.14. The lowest BCUT2D eigenvalue weighted by molar-refractivity contribution is -0.143. The lowest BCUT2D eigenvalue weighted by atomic mass is 10.0. The molecule has 148 valence electrons. The molecule has 3 rings (SSSR count). The molecule has 1 N–H and O–H groups in total. The smallest absolute Gasteiger partial charge is 0.416 e. The van der Waals surface area contributed by atoms with Crippen LogP contribution in [0.2, 0.25) is 0 Å². The van der Waals surface area contributed by atoms with Gasteiger partial charge in [0.05, 0.1) is 23.3 Å². The number of hydrogen-bond donors (Lipinski definition) is 1. The van der Waals surface area contributed by atoms with Crippen LogP contribution in [0, 0.1) is 0 Å². The molecule has 9 heteroatoms. The monoisotopic (exact) mass is 401 g/mol. The van der Waals surface area contributed by atoms with E-state index in [4.69, 9.17) is 4.74 Å². The minimum Gasteiger partial charge on any atom is -0.462 e. The van der Waals surface area contributed by atoms with Gasteiger partial charge in [-0.05, 0) is 29.8 Å². The number of halogens is 6. The zero-order valence-corrected chi connectivity index (χ0v) is 14.1. The van der Waals surface area contributed by atoms with Gasteiger partial charge in [-0.25, -0.2) is 4.79 Å². The van der Waals surface area contributed by atoms with Crippen molar-refractivity contribution in [3.8, 4) is 0 Å². The number of ether oxygens (including phenoxy) is 1. The molecule has 0 atom stereocenters. The summed E-state index contributed by atoms with van der Waals surface area (Å²) in [7, 11) is 0. The fourth-order valence-electron chi connectivity index (χ4n) is 2.75. The van der Waals surface area contributed by atoms with Crippen LogP contribution in [0.15, 0.2) is 48.7 Å². The number of aromatic nitrogens is 1. The Kier molecular flexibility index (Phi) is 5.10. The highest BCUT2D eigenvalue weighted by Gasteiger charge is 2.37. The zero-order valence-electron chi connectivity index (χ0n) is 14.1. The summed E-state index contributed by atoms with van der Waals surface area (Å²) in [6.45, 7) is -0.196. The van der Waals surface area contributed by atoms with Gasteiger partial charge in [-0.2, -0.15) is 26.3 Å². The minimum atomic E-state index is -5.03. The molecule has 3 aromatic rings. The van der Waals surface area contributed by atoms with Gasteiger partial charge in [0.1, 0.15) is 0 Å². The number of hydrogen-bond acceptors (Lipinski definition) is 2. The normalized spacial score (nSPS) is 12.4. The second-order valence-electron chi connectivity index (χ2n) is 6.04. The predicted octanol–water partition coefficient (Wildman–Crippen LogP) is 5.61. The van der Waals surface area contributed by atoms with Crippen molar-refractivity contribution in [2.75, 3.05) is 6.61 Å². The van der Waals surface area contributed by atoms with E-state index in [2.05, 4.69) is 4.98 Å². The molecule has 0 fully saturated rings. The Hall–Kier alpha value is -2.97. The molecule has 0 radical (unpaired) electrons. The van der Waals surface area contributed by atoms with E-state index < -0.39 is 35.0 Å². The zero-order chi connectivity index (χ0) is 20.5. The number of para-hydroxylation sites is 1. The van der Waals surface area contributed by atoms with Gasteiger partial charge < -0.3 is 9.72 Å². The summed E-state index contributed by atoms with van der Waals surface area (Å²) in [5, 5.41) is 0.886. The fraction of sp³-hybridized carbons (Fsp3) is 0.211. The Balaban J connectivity index is 1.76. The maximum Gasteiger partial charge on any atom is 0.416 e. The second kappa shape index (κ2) is 7.21. The van der Waals surface area contributed by atoms with Gasteiger partial charge >= 0.3 is 18.3 Å². The van der Waals surface area contributed by atoms with Crippen LogP contribution in [0.25, 0.3) is 10.9 Å². The van der Waals surface area contributed by atoms with Crippen molar-refractivity contribution in [2.24, 2.45) is 0 Å². The molecule has 0 aliphatic rings. The maximum absolute atomic E-state index is 12.9. The molecule has 0 saturated carbocycles. The highest BCUT2D eigenvalue weighted by Crippen LogP contribution is 2.36. The number of carbonyl (C=O) groups excluding carboxylic acids is 1. The average Bonchev–Trinajstić information content (AvgIpc) is 3.03. The van der Waals surface area contributed by atoms with Crippen LogP contribution in [0.3, 0.4) is 0 Å². The summed E-state index contributed by atoms with van der Waals surface area (Å²) >= 11 is 0. The number of aromatic amines is 1. The van der Waals surface area contributed by atoms with Gasteiger partial charge in [0.25, 0.3) is 0 Å². The van der Waals surface area contributed by atoms with Gasteiger partial charge in [0.2, 0.25) is 0 Å². The molecular weight excluding hydrogens is 388 g/mol. The molecule has 0 saturated heterocycles. The molecule has 1 heterocycles. The van der Waals surface area contributed by atoms with Crippen LogP contribution in [0.1, 0.15) is 27.0 Å². The van der Waals surface area contributed by atoms with Gasteiger partial charge in [-0.15, -0.1) is 0 Å². The first-order chi connectivity index (χ1) is 13.1. The third-order valence-corrected chi connectivity index (χ3v) is 4.10. The van der Waals surface area contributed by atoms with E-state index >= 15 is 0 Å². The molecule has 0 aliphatic heterocycles. The Morgan fingerprint density at radius 1 is 0.929 bits per heavy atom. The Labute approximate surface area is 154 Å². The van der Waals surface area contributed by atoms with Crippen molar-refractivity contribution in [2.45, 2.75) is 18.8 Å². The summed E-state index contributed by atoms with van der Waals surface area (Å²) in [6.07, 6.45) is -8.11. The van der Waals surface area contributed by atoms with E-state index in [1.54, 1.807) is 6.20 Å². The maximum atomic E-state index is 12.9. The van der Waals surface area contributed by atoms with E-state index in [1.807, 2.05) is 24.3 Å². The van der Waals surface area contributed by atoms with Crippen molar-refractivity contribution < 1.29 is 35.9 Å². The van der Waals surface area contributed by atoms with E-state index in [0.717, 1.165) is 16.5 Å². The van der Waals surface area contributed by atoms with Crippen molar-refractivity contribution in [3.63, 3.8) is 0 Å². The van der Waals surface area contributed by atoms with Gasteiger partial charge in [0.15, 0.2) is 0 Å². The Morgan fingerprint density at radius 2 is 1.54 bits per heavy atom. The van der Waals surface area contributed by atoms with E-state index in [0.29, 0.717) is 12.1 Å². The highest BCUT2D eigenvalue weighted by molar-refractivity contribution is 5.90. The summed E-state index contributed by atoms with van der Waals surface area (Å²) < 4.78 is 82.1. The second-order valence-corrected chi connectivity index (χ2v) is 6.04. The van der Waals surface area contributed by atoms with Crippen LogP contribution < -0.4 is 0 Å². The number of carbonyl (C=O) groups is 1. The third kappa shape index (κ3) is 4.29. The van der Waals surface area contributed by atoms with E-state index in [-0.39, 0.29) is 19.1 Å². The van der Waals surface area contributed by atoms with Crippen LogP contribution >= 0.6 is 0 Å². The Morgan fingerprint density at radius 3 is 2.14 bits per heavy atom. The quantitative estimate of drug-likeness (QED) is 0.457. The van der Waals surface area contributed by atoms with Gasteiger partial charge in [-0.1, -0.05) is 18.2 Å². The number of benzene rings is 2. The molecule has 2 aromatic carbocycles. The molecule has 0 amide bonds. The molecule has 0 aliphatic carbocycles. The molecule has 1 aromatic heterocycles. The average molecular weight is 401 g/mol. The number of nitrogens with one attached hydrogen (secondary N) is 1. The molecular formula is C19H13F6NO2. The largest absolute Gasteiger partial charge is 0.462 e. The SMILES string of the molecule is O=C(OCCc1c[nH]c2ccccc12)c1cc(C(F)(F)F)cc(C(F)(F)F)c1. The number of esters is 1. The Bertz CT molecular complexity index is 971. The topological polar surface area (TPSA) is 42.1 Å². The third-order valence-electron chi connectivity index (χ3n) is 4.10. The standard InChI is InChI=1S/C19H13F6NO2/c20-18(21,22)13-7-12(8-14(9-13)19(23,24)25)17(27)28-6-5-11-10-26-16-4-2-1-3-15(11)16/h1-4,7-10,26H,5-6H2. The minimum absolute atomic E-state index is 0.0390. The molecule has 28 heavy (non-hydrogen) atoms. The predicted molar refractivity (Wildman–Crippen MR) is 88.7 cm³/mol. The van der Waals surface area contributed by atoms with Crippen molar-refractivity contribution in [1.29, 1.82) is 0 Å². The first-order valence-corrected chi connectivity index (χ1v) is 8.07. The number of fused-ring (bicyclic) bond motifs is 1. The summed E-state index contributed by atoms with van der Waals surface area (Å²) in [5.41, 5.74) is -2.27. The first kappa shape index (κ1) is 19.8.